The van der Waals surface area contributed by atoms with Crippen molar-refractivity contribution in [3.8, 4) is 11.8 Å². The molecule has 0 atom stereocenters. The van der Waals surface area contributed by atoms with Crippen LogP contribution in [-0.2, 0) is 4.74 Å². The molecule has 2 aromatic rings. The van der Waals surface area contributed by atoms with Crippen molar-refractivity contribution in [1.29, 1.82) is 0 Å². The van der Waals surface area contributed by atoms with Crippen LogP contribution in [0.1, 0.15) is 37.6 Å². The number of nitrogens with zero attached hydrogens (tertiary/aromatic N) is 2. The summed E-state index contributed by atoms with van der Waals surface area (Å²) in [6.07, 6.45) is 3.02. The first-order valence-electron chi connectivity index (χ1n) is 8.12. The molecule has 2 aromatic heterocycles. The zero-order valence-electron chi connectivity index (χ0n) is 15.8. The average molecular weight is 418 g/mol. The quantitative estimate of drug-likeness (QED) is 0.550. The van der Waals surface area contributed by atoms with Crippen LogP contribution in [0.15, 0.2) is 41.3 Å². The first-order chi connectivity index (χ1) is 12.2. The predicted molar refractivity (Wildman–Crippen MR) is 107 cm³/mol. The first-order valence-corrected chi connectivity index (χ1v) is 8.91. The van der Waals surface area contributed by atoms with Crippen LogP contribution in [0.5, 0.6) is 0 Å². The maximum absolute atomic E-state index is 11.3. The molecule has 5 nitrogen and oxygen atoms in total. The Bertz CT molecular complexity index is 772. The SMILES string of the molecule is Cc1ccnc(Br)c1.Cc1ccnc(C#CCNC(=O)OC(C)(C)C)c1. The lowest BCUT2D eigenvalue weighted by Gasteiger charge is -2.18. The van der Waals surface area contributed by atoms with Crippen LogP contribution in [0.4, 0.5) is 4.79 Å². The highest BCUT2D eigenvalue weighted by molar-refractivity contribution is 9.10. The fourth-order valence-electron chi connectivity index (χ4n) is 1.67. The Hall–Kier alpha value is -2.39. The number of amides is 1. The van der Waals surface area contributed by atoms with Crippen LogP contribution in [0.25, 0.3) is 0 Å². The van der Waals surface area contributed by atoms with Crippen molar-refractivity contribution in [1.82, 2.24) is 15.3 Å². The van der Waals surface area contributed by atoms with E-state index in [-0.39, 0.29) is 6.54 Å². The molecule has 0 radical (unpaired) electrons. The number of nitrogens with one attached hydrogen (secondary N) is 1. The summed E-state index contributed by atoms with van der Waals surface area (Å²) < 4.78 is 5.98. The summed E-state index contributed by atoms with van der Waals surface area (Å²) in [6, 6.07) is 7.73. The molecular weight excluding hydrogens is 394 g/mol. The molecule has 0 saturated heterocycles. The van der Waals surface area contributed by atoms with E-state index >= 15 is 0 Å². The number of carbonyl (C=O) groups is 1. The number of aromatic nitrogens is 2. The predicted octanol–water partition coefficient (Wildman–Crippen LogP) is 4.42. The fourth-order valence-corrected chi connectivity index (χ4v) is 2.15. The molecule has 0 aliphatic rings. The normalized spacial score (nSPS) is 9.92. The van der Waals surface area contributed by atoms with E-state index < -0.39 is 11.7 Å². The van der Waals surface area contributed by atoms with Crippen molar-refractivity contribution >= 4 is 22.0 Å². The molecule has 0 spiro atoms. The molecule has 1 amide bonds. The molecule has 2 rings (SSSR count). The number of hydrogen-bond acceptors (Lipinski definition) is 4. The van der Waals surface area contributed by atoms with Gasteiger partial charge in [-0.3, -0.25) is 0 Å². The van der Waals surface area contributed by atoms with Crippen molar-refractivity contribution in [2.45, 2.75) is 40.2 Å². The lowest BCUT2D eigenvalue weighted by Crippen LogP contribution is -2.32. The van der Waals surface area contributed by atoms with Crippen LogP contribution in [0.2, 0.25) is 0 Å². The van der Waals surface area contributed by atoms with E-state index in [1.807, 2.05) is 58.9 Å². The molecule has 0 fully saturated rings. The van der Waals surface area contributed by atoms with Gasteiger partial charge in [-0.2, -0.15) is 0 Å². The Labute approximate surface area is 163 Å². The average Bonchev–Trinajstić information content (AvgIpc) is 2.50. The first kappa shape index (κ1) is 21.7. The monoisotopic (exact) mass is 417 g/mol. The van der Waals surface area contributed by atoms with Crippen LogP contribution in [0.3, 0.4) is 0 Å². The van der Waals surface area contributed by atoms with Gasteiger partial charge in [-0.05, 0) is 91.9 Å². The summed E-state index contributed by atoms with van der Waals surface area (Å²) in [6.45, 7) is 9.70. The van der Waals surface area contributed by atoms with E-state index in [0.29, 0.717) is 5.69 Å². The molecule has 138 valence electrons. The molecule has 0 unspecified atom stereocenters. The van der Waals surface area contributed by atoms with E-state index in [4.69, 9.17) is 4.74 Å². The Kier molecular flexibility index (Phi) is 8.80. The number of rotatable bonds is 1. The zero-order valence-corrected chi connectivity index (χ0v) is 17.3. The molecule has 6 heteroatoms. The van der Waals surface area contributed by atoms with Crippen molar-refractivity contribution in [2.24, 2.45) is 0 Å². The van der Waals surface area contributed by atoms with Gasteiger partial charge in [0.2, 0.25) is 0 Å². The second-order valence-corrected chi connectivity index (χ2v) is 7.34. The standard InChI is InChI=1S/C14H18N2O2.C6H6BrN/c1-11-7-9-15-12(10-11)6-5-8-16-13(17)18-14(2,3)4;1-5-2-3-8-6(7)4-5/h7,9-10H,8H2,1-4H3,(H,16,17);2-4H,1H3. The van der Waals surface area contributed by atoms with Gasteiger partial charge in [0.1, 0.15) is 15.9 Å². The Morgan fingerprint density at radius 1 is 1.15 bits per heavy atom. The van der Waals surface area contributed by atoms with Gasteiger partial charge in [0.25, 0.3) is 0 Å². The Morgan fingerprint density at radius 2 is 1.77 bits per heavy atom. The molecule has 1 N–H and O–H groups in total. The molecule has 0 aliphatic carbocycles. The van der Waals surface area contributed by atoms with Crippen molar-refractivity contribution in [3.63, 3.8) is 0 Å². The van der Waals surface area contributed by atoms with E-state index in [0.717, 1.165) is 10.2 Å². The topological polar surface area (TPSA) is 64.1 Å². The summed E-state index contributed by atoms with van der Waals surface area (Å²) in [5, 5.41) is 2.56. The van der Waals surface area contributed by atoms with Gasteiger partial charge in [-0.25, -0.2) is 14.8 Å². The fraction of sp³-hybridized carbons (Fsp3) is 0.350. The molecule has 0 aromatic carbocycles. The van der Waals surface area contributed by atoms with Crippen molar-refractivity contribution in [3.05, 3.63) is 58.1 Å². The number of halogens is 1. The number of carbonyl (C=O) groups excluding carboxylic acids is 1. The van der Waals surface area contributed by atoms with E-state index in [1.54, 1.807) is 12.4 Å². The van der Waals surface area contributed by atoms with E-state index in [2.05, 4.69) is 43.1 Å². The molecular formula is C20H24BrN3O2. The summed E-state index contributed by atoms with van der Waals surface area (Å²) in [4.78, 5) is 19.4. The lowest BCUT2D eigenvalue weighted by molar-refractivity contribution is 0.0535. The summed E-state index contributed by atoms with van der Waals surface area (Å²) >= 11 is 3.25. The smallest absolute Gasteiger partial charge is 0.408 e. The van der Waals surface area contributed by atoms with Crippen LogP contribution in [-0.4, -0.2) is 28.2 Å². The second kappa shape index (κ2) is 10.6. The summed E-state index contributed by atoms with van der Waals surface area (Å²) in [5.74, 6) is 5.69. The van der Waals surface area contributed by atoms with Gasteiger partial charge in [0.15, 0.2) is 0 Å². The van der Waals surface area contributed by atoms with Gasteiger partial charge < -0.3 is 10.1 Å². The Balaban J connectivity index is 0.000000350. The second-order valence-electron chi connectivity index (χ2n) is 6.53. The minimum Gasteiger partial charge on any atom is -0.444 e. The van der Waals surface area contributed by atoms with Crippen LogP contribution >= 0.6 is 15.9 Å². The minimum atomic E-state index is -0.490. The summed E-state index contributed by atoms with van der Waals surface area (Å²) in [5.41, 5.74) is 2.54. The van der Waals surface area contributed by atoms with Gasteiger partial charge in [0.05, 0.1) is 6.54 Å². The number of pyridine rings is 2. The highest BCUT2D eigenvalue weighted by atomic mass is 79.9. The molecule has 26 heavy (non-hydrogen) atoms. The number of hydrogen-bond donors (Lipinski definition) is 1. The van der Waals surface area contributed by atoms with E-state index in [9.17, 15) is 4.79 Å². The highest BCUT2D eigenvalue weighted by Crippen LogP contribution is 2.06. The summed E-state index contributed by atoms with van der Waals surface area (Å²) in [7, 11) is 0. The molecule has 0 aliphatic heterocycles. The minimum absolute atomic E-state index is 0.241. The molecule has 0 bridgehead atoms. The number of aryl methyl sites for hydroxylation is 2. The zero-order chi connectivity index (χ0) is 19.6. The third-order valence-electron chi connectivity index (χ3n) is 2.73. The third kappa shape index (κ3) is 10.5. The lowest BCUT2D eigenvalue weighted by atomic mass is 10.2. The highest BCUT2D eigenvalue weighted by Gasteiger charge is 2.14. The largest absolute Gasteiger partial charge is 0.444 e. The van der Waals surface area contributed by atoms with Crippen molar-refractivity contribution < 1.29 is 9.53 Å². The van der Waals surface area contributed by atoms with E-state index in [1.165, 1.54) is 5.56 Å². The molecule has 0 saturated carbocycles. The van der Waals surface area contributed by atoms with Gasteiger partial charge in [-0.15, -0.1) is 0 Å². The maximum atomic E-state index is 11.3. The third-order valence-corrected chi connectivity index (χ3v) is 3.17. The van der Waals surface area contributed by atoms with Gasteiger partial charge in [-0.1, -0.05) is 5.92 Å². The Morgan fingerprint density at radius 3 is 2.27 bits per heavy atom. The van der Waals surface area contributed by atoms with Gasteiger partial charge >= 0.3 is 6.09 Å². The van der Waals surface area contributed by atoms with Crippen molar-refractivity contribution in [2.75, 3.05) is 6.54 Å². The maximum Gasteiger partial charge on any atom is 0.408 e. The molecule has 2 heterocycles. The van der Waals surface area contributed by atoms with Crippen LogP contribution < -0.4 is 5.32 Å². The number of alkyl carbamates (subject to hydrolysis) is 1. The van der Waals surface area contributed by atoms with Gasteiger partial charge in [0, 0.05) is 12.4 Å². The number of ether oxygens (including phenoxy) is 1. The van der Waals surface area contributed by atoms with Crippen LogP contribution in [0, 0.1) is 25.7 Å².